The van der Waals surface area contributed by atoms with Crippen molar-refractivity contribution in [3.8, 4) is 0 Å². The summed E-state index contributed by atoms with van der Waals surface area (Å²) in [4.78, 5) is 33.1. The molecular formula is C14H12N4O5. The first kappa shape index (κ1) is 15.9. The van der Waals surface area contributed by atoms with Crippen LogP contribution in [-0.2, 0) is 16.1 Å². The van der Waals surface area contributed by atoms with Gasteiger partial charge in [0.25, 0.3) is 5.69 Å². The molecule has 23 heavy (non-hydrogen) atoms. The van der Waals surface area contributed by atoms with Crippen molar-refractivity contribution in [1.82, 2.24) is 10.7 Å². The van der Waals surface area contributed by atoms with Crippen molar-refractivity contribution in [3.63, 3.8) is 0 Å². The van der Waals surface area contributed by atoms with Crippen LogP contribution in [0.4, 0.5) is 5.69 Å². The summed E-state index contributed by atoms with van der Waals surface area (Å²) in [5.41, 5.74) is 2.34. The lowest BCUT2D eigenvalue weighted by Crippen LogP contribution is -2.37. The number of nitro benzene ring substituents is 1. The first-order chi connectivity index (χ1) is 11.1. The third-order valence-electron chi connectivity index (χ3n) is 2.67. The van der Waals surface area contributed by atoms with Crippen LogP contribution in [0.3, 0.4) is 0 Å². The Bertz CT molecular complexity index is 739. The number of nitrogens with zero attached hydrogens (tertiary/aromatic N) is 2. The molecule has 1 aromatic heterocycles. The first-order valence-electron chi connectivity index (χ1n) is 6.44. The Morgan fingerprint density at radius 2 is 2.09 bits per heavy atom. The molecule has 0 radical (unpaired) electrons. The van der Waals surface area contributed by atoms with Crippen LogP contribution >= 0.6 is 0 Å². The summed E-state index contributed by atoms with van der Waals surface area (Å²) in [5.74, 6) is -1.33. The maximum absolute atomic E-state index is 11.5. The van der Waals surface area contributed by atoms with Crippen molar-refractivity contribution in [1.29, 1.82) is 0 Å². The van der Waals surface area contributed by atoms with E-state index in [-0.39, 0.29) is 12.2 Å². The quantitative estimate of drug-likeness (QED) is 0.367. The van der Waals surface area contributed by atoms with Gasteiger partial charge in [0.05, 0.1) is 23.9 Å². The highest BCUT2D eigenvalue weighted by atomic mass is 16.6. The summed E-state index contributed by atoms with van der Waals surface area (Å²) < 4.78 is 5.00. The summed E-state index contributed by atoms with van der Waals surface area (Å²) in [7, 11) is 0. The lowest BCUT2D eigenvalue weighted by atomic mass is 10.2. The molecule has 9 heteroatoms. The molecule has 0 unspecified atom stereocenters. The molecule has 2 rings (SSSR count). The van der Waals surface area contributed by atoms with Gasteiger partial charge in [-0.1, -0.05) is 12.1 Å². The molecule has 0 atom stereocenters. The van der Waals surface area contributed by atoms with Gasteiger partial charge < -0.3 is 9.73 Å². The number of hydrazone groups is 1. The molecule has 0 aliphatic rings. The molecule has 1 aromatic carbocycles. The Balaban J connectivity index is 1.84. The van der Waals surface area contributed by atoms with Crippen LogP contribution in [-0.4, -0.2) is 23.0 Å². The lowest BCUT2D eigenvalue weighted by molar-refractivity contribution is -0.384. The van der Waals surface area contributed by atoms with E-state index in [0.29, 0.717) is 11.3 Å². The van der Waals surface area contributed by atoms with E-state index in [2.05, 4.69) is 10.4 Å². The fourth-order valence-electron chi connectivity index (χ4n) is 1.60. The average Bonchev–Trinajstić information content (AvgIpc) is 3.06. The predicted molar refractivity (Wildman–Crippen MR) is 79.4 cm³/mol. The van der Waals surface area contributed by atoms with Crippen molar-refractivity contribution in [2.24, 2.45) is 5.10 Å². The zero-order valence-corrected chi connectivity index (χ0v) is 11.8. The summed E-state index contributed by atoms with van der Waals surface area (Å²) >= 11 is 0. The van der Waals surface area contributed by atoms with Crippen molar-refractivity contribution >= 4 is 23.7 Å². The van der Waals surface area contributed by atoms with Gasteiger partial charge in [0.15, 0.2) is 0 Å². The largest absolute Gasteiger partial charge is 0.467 e. The normalized spacial score (nSPS) is 10.4. The van der Waals surface area contributed by atoms with Gasteiger partial charge in [-0.2, -0.15) is 5.10 Å². The molecule has 118 valence electrons. The first-order valence-corrected chi connectivity index (χ1v) is 6.44. The minimum atomic E-state index is -0.960. The van der Waals surface area contributed by atoms with Gasteiger partial charge in [0.2, 0.25) is 0 Å². The highest BCUT2D eigenvalue weighted by molar-refractivity contribution is 6.35. The summed E-state index contributed by atoms with van der Waals surface area (Å²) in [6, 6.07) is 8.98. The number of hydrogen-bond donors (Lipinski definition) is 2. The van der Waals surface area contributed by atoms with Crippen molar-refractivity contribution in [3.05, 3.63) is 64.1 Å². The van der Waals surface area contributed by atoms with Gasteiger partial charge in [-0.3, -0.25) is 19.7 Å². The number of amides is 2. The van der Waals surface area contributed by atoms with E-state index < -0.39 is 16.7 Å². The number of hydrogen-bond acceptors (Lipinski definition) is 6. The van der Waals surface area contributed by atoms with Gasteiger partial charge in [-0.15, -0.1) is 0 Å². The molecule has 0 bridgehead atoms. The molecular weight excluding hydrogens is 304 g/mol. The van der Waals surface area contributed by atoms with E-state index in [4.69, 9.17) is 4.42 Å². The number of nitrogens with one attached hydrogen (secondary N) is 2. The monoisotopic (exact) mass is 316 g/mol. The number of benzene rings is 1. The van der Waals surface area contributed by atoms with Crippen molar-refractivity contribution in [2.75, 3.05) is 0 Å². The number of rotatable bonds is 5. The van der Waals surface area contributed by atoms with E-state index in [1.807, 2.05) is 5.43 Å². The van der Waals surface area contributed by atoms with Crippen LogP contribution in [0.1, 0.15) is 11.3 Å². The van der Waals surface area contributed by atoms with Gasteiger partial charge >= 0.3 is 11.8 Å². The zero-order valence-electron chi connectivity index (χ0n) is 11.8. The Morgan fingerprint density at radius 3 is 2.78 bits per heavy atom. The summed E-state index contributed by atoms with van der Waals surface area (Å²) in [5, 5.41) is 16.6. The van der Waals surface area contributed by atoms with Crippen LogP contribution in [0.5, 0.6) is 0 Å². The molecule has 9 nitrogen and oxygen atoms in total. The van der Waals surface area contributed by atoms with E-state index in [1.54, 1.807) is 18.2 Å². The lowest BCUT2D eigenvalue weighted by Gasteiger charge is -2.01. The highest BCUT2D eigenvalue weighted by Gasteiger charge is 2.12. The summed E-state index contributed by atoms with van der Waals surface area (Å²) in [6.07, 6.45) is 2.65. The van der Waals surface area contributed by atoms with Gasteiger partial charge in [-0.25, -0.2) is 5.43 Å². The smallest absolute Gasteiger partial charge is 0.329 e. The third-order valence-corrected chi connectivity index (χ3v) is 2.67. The fraction of sp³-hybridized carbons (Fsp3) is 0.0714. The van der Waals surface area contributed by atoms with Gasteiger partial charge in [-0.05, 0) is 12.1 Å². The molecule has 0 aliphatic heterocycles. The van der Waals surface area contributed by atoms with Crippen molar-refractivity contribution < 1.29 is 18.9 Å². The Hall–Kier alpha value is -3.49. The van der Waals surface area contributed by atoms with Crippen LogP contribution in [0.25, 0.3) is 0 Å². The van der Waals surface area contributed by atoms with Crippen molar-refractivity contribution in [2.45, 2.75) is 6.54 Å². The second-order valence-electron chi connectivity index (χ2n) is 4.31. The molecule has 2 N–H and O–H groups in total. The Morgan fingerprint density at radius 1 is 1.26 bits per heavy atom. The number of carbonyl (C=O) groups excluding carboxylic acids is 2. The minimum Gasteiger partial charge on any atom is -0.467 e. The van der Waals surface area contributed by atoms with Gasteiger partial charge in [0, 0.05) is 17.7 Å². The SMILES string of the molecule is O=C(NCc1ccco1)C(=O)N/N=C\c1cccc([N+](=O)[O-])c1. The number of nitro groups is 1. The molecule has 0 saturated heterocycles. The maximum atomic E-state index is 11.5. The van der Waals surface area contributed by atoms with Crippen LogP contribution in [0, 0.1) is 10.1 Å². The summed E-state index contributed by atoms with van der Waals surface area (Å²) in [6.45, 7) is 0.0772. The Kier molecular flexibility index (Phi) is 5.18. The molecule has 0 saturated carbocycles. The van der Waals surface area contributed by atoms with Crippen LogP contribution in [0.2, 0.25) is 0 Å². The second-order valence-corrected chi connectivity index (χ2v) is 4.31. The predicted octanol–water partition coefficient (Wildman–Crippen LogP) is 0.954. The van der Waals surface area contributed by atoms with E-state index in [0.717, 1.165) is 0 Å². The molecule has 0 spiro atoms. The molecule has 0 fully saturated rings. The van der Waals surface area contributed by atoms with E-state index >= 15 is 0 Å². The van der Waals surface area contributed by atoms with E-state index in [1.165, 1.54) is 30.7 Å². The Labute approximate surface area is 130 Å². The molecule has 0 aliphatic carbocycles. The topological polar surface area (TPSA) is 127 Å². The molecule has 2 aromatic rings. The molecule has 2 amide bonds. The van der Waals surface area contributed by atoms with Crippen LogP contribution in [0.15, 0.2) is 52.2 Å². The fourth-order valence-corrected chi connectivity index (χ4v) is 1.60. The minimum absolute atomic E-state index is 0.0772. The second kappa shape index (κ2) is 7.50. The van der Waals surface area contributed by atoms with Gasteiger partial charge in [0.1, 0.15) is 5.76 Å². The average molecular weight is 316 g/mol. The number of furan rings is 1. The zero-order chi connectivity index (χ0) is 16.7. The maximum Gasteiger partial charge on any atom is 0.329 e. The number of non-ortho nitro benzene ring substituents is 1. The van der Waals surface area contributed by atoms with Crippen LogP contribution < -0.4 is 10.7 Å². The highest BCUT2D eigenvalue weighted by Crippen LogP contribution is 2.11. The molecule has 1 heterocycles. The van der Waals surface area contributed by atoms with E-state index in [9.17, 15) is 19.7 Å². The third kappa shape index (κ3) is 4.77. The number of carbonyl (C=O) groups is 2. The standard InChI is InChI=1S/C14H12N4O5/c19-13(15-9-12-5-2-6-23-12)14(20)17-16-8-10-3-1-4-11(7-10)18(21)22/h1-8H,9H2,(H,15,19)(H,17,20)/b16-8-.